The Morgan fingerprint density at radius 3 is 2.71 bits per heavy atom. The van der Waals surface area contributed by atoms with Gasteiger partial charge in [-0.15, -0.1) is 0 Å². The van der Waals surface area contributed by atoms with Crippen LogP contribution < -0.4 is 4.90 Å². The van der Waals surface area contributed by atoms with Gasteiger partial charge in [0.25, 0.3) is 0 Å². The molecule has 1 unspecified atom stereocenters. The highest BCUT2D eigenvalue weighted by atomic mass is 15.3. The van der Waals surface area contributed by atoms with E-state index in [1.54, 1.807) is 12.4 Å². The van der Waals surface area contributed by atoms with Gasteiger partial charge >= 0.3 is 0 Å². The summed E-state index contributed by atoms with van der Waals surface area (Å²) in [6, 6.07) is 13.3. The van der Waals surface area contributed by atoms with Crippen LogP contribution in [0.4, 0.5) is 5.82 Å². The summed E-state index contributed by atoms with van der Waals surface area (Å²) in [6.07, 6.45) is 5.54. The zero-order valence-electron chi connectivity index (χ0n) is 14.1. The standard InChI is InChI=1S/C19H23N5/c1-2-6-17-15-24(19-18(13-20)21-9-10-22-19)12-11-23(17)14-16-7-4-3-5-8-16/h3-5,7-10,17H,2,6,11-12,14-15H2,1H3. The van der Waals surface area contributed by atoms with Crippen LogP contribution in [-0.4, -0.2) is 40.5 Å². The van der Waals surface area contributed by atoms with Crippen LogP contribution in [0.25, 0.3) is 0 Å². The van der Waals surface area contributed by atoms with Crippen molar-refractivity contribution in [2.45, 2.75) is 32.4 Å². The molecule has 0 radical (unpaired) electrons. The van der Waals surface area contributed by atoms with E-state index in [1.807, 2.05) is 0 Å². The summed E-state index contributed by atoms with van der Waals surface area (Å²) < 4.78 is 0. The minimum Gasteiger partial charge on any atom is -0.351 e. The van der Waals surface area contributed by atoms with Crippen LogP contribution in [0, 0.1) is 11.3 Å². The van der Waals surface area contributed by atoms with Gasteiger partial charge < -0.3 is 4.90 Å². The van der Waals surface area contributed by atoms with E-state index in [0.29, 0.717) is 11.7 Å². The van der Waals surface area contributed by atoms with E-state index in [0.717, 1.165) is 44.8 Å². The van der Waals surface area contributed by atoms with E-state index < -0.39 is 0 Å². The third kappa shape index (κ3) is 3.72. The summed E-state index contributed by atoms with van der Waals surface area (Å²) in [7, 11) is 0. The fourth-order valence-electron chi connectivity index (χ4n) is 3.36. The summed E-state index contributed by atoms with van der Waals surface area (Å²) in [5.74, 6) is 0.723. The number of nitriles is 1. The summed E-state index contributed by atoms with van der Waals surface area (Å²) in [4.78, 5) is 13.3. The normalized spacial score (nSPS) is 18.3. The summed E-state index contributed by atoms with van der Waals surface area (Å²) >= 11 is 0. The summed E-state index contributed by atoms with van der Waals surface area (Å²) in [5.41, 5.74) is 1.77. The van der Waals surface area contributed by atoms with Crippen molar-refractivity contribution in [3.05, 3.63) is 54.0 Å². The van der Waals surface area contributed by atoms with Crippen LogP contribution >= 0.6 is 0 Å². The number of piperazine rings is 1. The fourth-order valence-corrected chi connectivity index (χ4v) is 3.36. The molecule has 0 amide bonds. The Balaban J connectivity index is 1.74. The second kappa shape index (κ2) is 7.89. The van der Waals surface area contributed by atoms with Crippen molar-refractivity contribution in [3.8, 4) is 6.07 Å². The Hall–Kier alpha value is -2.45. The summed E-state index contributed by atoms with van der Waals surface area (Å²) in [6.45, 7) is 5.95. The second-order valence-electron chi connectivity index (χ2n) is 6.18. The van der Waals surface area contributed by atoms with Crippen LogP contribution in [0.3, 0.4) is 0 Å². The molecule has 0 aliphatic carbocycles. The molecule has 0 saturated carbocycles. The van der Waals surface area contributed by atoms with Crippen molar-refractivity contribution in [2.75, 3.05) is 24.5 Å². The predicted molar refractivity (Wildman–Crippen MR) is 94.5 cm³/mol. The van der Waals surface area contributed by atoms with Gasteiger partial charge in [0.1, 0.15) is 6.07 Å². The molecular weight excluding hydrogens is 298 g/mol. The Labute approximate surface area is 143 Å². The van der Waals surface area contributed by atoms with Crippen molar-refractivity contribution < 1.29 is 0 Å². The van der Waals surface area contributed by atoms with Crippen LogP contribution in [-0.2, 0) is 6.54 Å². The van der Waals surface area contributed by atoms with Crippen LogP contribution in [0.15, 0.2) is 42.7 Å². The maximum Gasteiger partial charge on any atom is 0.183 e. The lowest BCUT2D eigenvalue weighted by Crippen LogP contribution is -2.53. The average molecular weight is 321 g/mol. The largest absolute Gasteiger partial charge is 0.351 e. The predicted octanol–water partition coefficient (Wildman–Crippen LogP) is 2.84. The Bertz CT molecular complexity index is 694. The second-order valence-corrected chi connectivity index (χ2v) is 6.18. The smallest absolute Gasteiger partial charge is 0.183 e. The molecule has 0 N–H and O–H groups in total. The number of benzene rings is 1. The Kier molecular flexibility index (Phi) is 5.39. The first kappa shape index (κ1) is 16.4. The average Bonchev–Trinajstić information content (AvgIpc) is 2.64. The first-order valence-corrected chi connectivity index (χ1v) is 8.56. The number of hydrogen-bond donors (Lipinski definition) is 0. The van der Waals surface area contributed by atoms with E-state index in [1.165, 1.54) is 5.56 Å². The van der Waals surface area contributed by atoms with E-state index in [2.05, 4.69) is 63.1 Å². The molecule has 3 rings (SSSR count). The zero-order chi connectivity index (χ0) is 16.8. The van der Waals surface area contributed by atoms with Crippen molar-refractivity contribution in [3.63, 3.8) is 0 Å². The Morgan fingerprint density at radius 1 is 1.17 bits per heavy atom. The molecule has 2 aromatic rings. The van der Waals surface area contributed by atoms with Gasteiger partial charge in [-0.1, -0.05) is 43.7 Å². The van der Waals surface area contributed by atoms with E-state index >= 15 is 0 Å². The molecule has 1 aromatic heterocycles. The van der Waals surface area contributed by atoms with Crippen molar-refractivity contribution in [2.24, 2.45) is 0 Å². The zero-order valence-corrected chi connectivity index (χ0v) is 14.1. The number of rotatable bonds is 5. The van der Waals surface area contributed by atoms with Crippen LogP contribution in [0.5, 0.6) is 0 Å². The maximum absolute atomic E-state index is 9.28. The minimum absolute atomic E-state index is 0.421. The van der Waals surface area contributed by atoms with Crippen molar-refractivity contribution in [1.29, 1.82) is 5.26 Å². The van der Waals surface area contributed by atoms with Gasteiger partial charge in [-0.3, -0.25) is 4.90 Å². The third-order valence-electron chi connectivity index (χ3n) is 4.54. The molecule has 1 aliphatic heterocycles. The van der Waals surface area contributed by atoms with Crippen LogP contribution in [0.1, 0.15) is 31.0 Å². The highest BCUT2D eigenvalue weighted by Gasteiger charge is 2.28. The molecule has 124 valence electrons. The number of aromatic nitrogens is 2. The lowest BCUT2D eigenvalue weighted by Gasteiger charge is -2.42. The van der Waals surface area contributed by atoms with Crippen molar-refractivity contribution >= 4 is 5.82 Å². The number of nitrogens with zero attached hydrogens (tertiary/aromatic N) is 5. The topological polar surface area (TPSA) is 56.1 Å². The molecule has 24 heavy (non-hydrogen) atoms. The molecule has 5 heteroatoms. The first-order valence-electron chi connectivity index (χ1n) is 8.56. The molecule has 2 heterocycles. The number of anilines is 1. The SMILES string of the molecule is CCCC1CN(c2nccnc2C#N)CCN1Cc1ccccc1. The van der Waals surface area contributed by atoms with Crippen LogP contribution in [0.2, 0.25) is 0 Å². The van der Waals surface area contributed by atoms with E-state index in [4.69, 9.17) is 0 Å². The van der Waals surface area contributed by atoms with Gasteiger partial charge in [0.05, 0.1) is 0 Å². The fraction of sp³-hybridized carbons (Fsp3) is 0.421. The highest BCUT2D eigenvalue weighted by Crippen LogP contribution is 2.22. The van der Waals surface area contributed by atoms with Gasteiger partial charge in [-0.05, 0) is 12.0 Å². The van der Waals surface area contributed by atoms with Crippen molar-refractivity contribution in [1.82, 2.24) is 14.9 Å². The highest BCUT2D eigenvalue weighted by molar-refractivity contribution is 5.50. The molecule has 5 nitrogen and oxygen atoms in total. The van der Waals surface area contributed by atoms with Gasteiger partial charge in [-0.25, -0.2) is 9.97 Å². The maximum atomic E-state index is 9.28. The quantitative estimate of drug-likeness (QED) is 0.847. The number of hydrogen-bond acceptors (Lipinski definition) is 5. The minimum atomic E-state index is 0.421. The lowest BCUT2D eigenvalue weighted by atomic mass is 10.0. The third-order valence-corrected chi connectivity index (χ3v) is 4.54. The molecule has 1 aliphatic rings. The molecule has 1 saturated heterocycles. The molecule has 0 spiro atoms. The van der Waals surface area contributed by atoms with Gasteiger partial charge in [-0.2, -0.15) is 5.26 Å². The van der Waals surface area contributed by atoms with Gasteiger partial charge in [0, 0.05) is 44.6 Å². The monoisotopic (exact) mass is 321 g/mol. The van der Waals surface area contributed by atoms with Gasteiger partial charge in [0.15, 0.2) is 11.5 Å². The molecule has 0 bridgehead atoms. The molecule has 1 fully saturated rings. The molecule has 1 atom stereocenters. The first-order chi connectivity index (χ1) is 11.8. The lowest BCUT2D eigenvalue weighted by molar-refractivity contribution is 0.158. The summed E-state index contributed by atoms with van der Waals surface area (Å²) in [5, 5.41) is 9.28. The van der Waals surface area contributed by atoms with E-state index in [-0.39, 0.29) is 0 Å². The Morgan fingerprint density at radius 2 is 1.96 bits per heavy atom. The van der Waals surface area contributed by atoms with Gasteiger partial charge in [0.2, 0.25) is 0 Å². The molecule has 1 aromatic carbocycles. The van der Waals surface area contributed by atoms with E-state index in [9.17, 15) is 5.26 Å². The molecular formula is C19H23N5.